The first kappa shape index (κ1) is 29.7. The number of aliphatic imine (C=N–C) groups is 2. The van der Waals surface area contributed by atoms with Crippen molar-refractivity contribution in [1.82, 2.24) is 0 Å². The van der Waals surface area contributed by atoms with Crippen molar-refractivity contribution in [2.75, 3.05) is 6.61 Å². The number of hydrogen-bond donors (Lipinski definition) is 2. The molecule has 1 fully saturated rings. The molecule has 0 saturated heterocycles. The summed E-state index contributed by atoms with van der Waals surface area (Å²) in [5.74, 6) is 1.23. The molecule has 2 atom stereocenters. The van der Waals surface area contributed by atoms with Crippen molar-refractivity contribution in [3.63, 3.8) is 0 Å². The molecule has 2 aromatic carbocycles. The molecule has 0 bridgehead atoms. The predicted molar refractivity (Wildman–Crippen MR) is 160 cm³/mol. The van der Waals surface area contributed by atoms with E-state index >= 15 is 0 Å². The summed E-state index contributed by atoms with van der Waals surface area (Å²) in [7, 11) is 0. The van der Waals surface area contributed by atoms with Gasteiger partial charge in [-0.3, -0.25) is 9.98 Å². The summed E-state index contributed by atoms with van der Waals surface area (Å²) >= 11 is 0. The Hall–Kier alpha value is -2.82. The highest BCUT2D eigenvalue weighted by atomic mass is 16.5. The van der Waals surface area contributed by atoms with E-state index in [1.54, 1.807) is 24.6 Å². The Labute approximate surface area is 230 Å². The van der Waals surface area contributed by atoms with Crippen LogP contribution in [0.4, 0.5) is 0 Å². The summed E-state index contributed by atoms with van der Waals surface area (Å²) in [5, 5.41) is 20.5. The number of aryl methyl sites for hydroxylation is 1. The van der Waals surface area contributed by atoms with Crippen LogP contribution in [0.2, 0.25) is 0 Å². The third kappa shape index (κ3) is 10.5. The number of aromatic hydroxyl groups is 2. The zero-order valence-electron chi connectivity index (χ0n) is 23.6. The lowest BCUT2D eigenvalue weighted by Gasteiger charge is -2.25. The van der Waals surface area contributed by atoms with Crippen molar-refractivity contribution < 1.29 is 14.9 Å². The summed E-state index contributed by atoms with van der Waals surface area (Å²) in [4.78, 5) is 9.63. The van der Waals surface area contributed by atoms with Crippen molar-refractivity contribution in [2.24, 2.45) is 9.98 Å². The first-order chi connectivity index (χ1) is 18.6. The Balaban J connectivity index is 1.46. The molecular formula is C33H48N2O3. The van der Waals surface area contributed by atoms with Crippen molar-refractivity contribution in [3.05, 3.63) is 53.1 Å². The maximum absolute atomic E-state index is 10.4. The van der Waals surface area contributed by atoms with Gasteiger partial charge in [-0.15, -0.1) is 0 Å². The normalized spacial score (nSPS) is 17.9. The van der Waals surface area contributed by atoms with Gasteiger partial charge in [-0.25, -0.2) is 0 Å². The zero-order chi connectivity index (χ0) is 27.0. The fourth-order valence-corrected chi connectivity index (χ4v) is 5.07. The summed E-state index contributed by atoms with van der Waals surface area (Å²) < 4.78 is 5.98. The van der Waals surface area contributed by atoms with Crippen molar-refractivity contribution in [2.45, 2.75) is 116 Å². The molecule has 1 aliphatic carbocycles. The molecule has 1 saturated carbocycles. The Morgan fingerprint density at radius 2 is 1.26 bits per heavy atom. The third-order valence-corrected chi connectivity index (χ3v) is 7.45. The molecule has 0 aromatic heterocycles. The van der Waals surface area contributed by atoms with Crippen LogP contribution >= 0.6 is 0 Å². The molecule has 0 radical (unpaired) electrons. The molecule has 208 valence electrons. The SMILES string of the molecule is CCCCCCCCCCCCOc1ccc(O)c(C=N[C@@H]2CCCC[C@H]2N=Cc2cc(C)ccc2O)c1. The smallest absolute Gasteiger partial charge is 0.124 e. The van der Waals surface area contributed by atoms with Crippen LogP contribution in [0.5, 0.6) is 17.2 Å². The van der Waals surface area contributed by atoms with Gasteiger partial charge >= 0.3 is 0 Å². The Morgan fingerprint density at radius 3 is 1.87 bits per heavy atom. The van der Waals surface area contributed by atoms with Gasteiger partial charge in [0.1, 0.15) is 17.2 Å². The molecule has 5 heteroatoms. The average Bonchev–Trinajstić information content (AvgIpc) is 2.92. The highest BCUT2D eigenvalue weighted by Crippen LogP contribution is 2.27. The van der Waals surface area contributed by atoms with Gasteiger partial charge in [-0.2, -0.15) is 0 Å². The van der Waals surface area contributed by atoms with Gasteiger partial charge in [0.05, 0.1) is 18.7 Å². The number of phenols is 2. The van der Waals surface area contributed by atoms with Gasteiger partial charge in [-0.05, 0) is 56.5 Å². The van der Waals surface area contributed by atoms with Crippen LogP contribution in [0, 0.1) is 6.92 Å². The summed E-state index contributed by atoms with van der Waals surface area (Å²) in [6.45, 7) is 4.97. The lowest BCUT2D eigenvalue weighted by molar-refractivity contribution is 0.303. The van der Waals surface area contributed by atoms with Gasteiger partial charge in [0, 0.05) is 23.6 Å². The molecule has 0 aliphatic heterocycles. The van der Waals surface area contributed by atoms with E-state index in [1.165, 1.54) is 57.8 Å². The minimum atomic E-state index is 0.0579. The monoisotopic (exact) mass is 520 g/mol. The minimum Gasteiger partial charge on any atom is -0.507 e. The van der Waals surface area contributed by atoms with Gasteiger partial charge in [0.25, 0.3) is 0 Å². The van der Waals surface area contributed by atoms with Crippen molar-refractivity contribution in [1.29, 1.82) is 0 Å². The Morgan fingerprint density at radius 1 is 0.737 bits per heavy atom. The van der Waals surface area contributed by atoms with E-state index in [0.29, 0.717) is 12.2 Å². The van der Waals surface area contributed by atoms with Crippen LogP contribution in [-0.4, -0.2) is 41.3 Å². The minimum absolute atomic E-state index is 0.0579. The molecule has 38 heavy (non-hydrogen) atoms. The van der Waals surface area contributed by atoms with Crippen LogP contribution < -0.4 is 4.74 Å². The lowest BCUT2D eigenvalue weighted by Crippen LogP contribution is -2.27. The lowest BCUT2D eigenvalue weighted by atomic mass is 9.91. The molecule has 5 nitrogen and oxygen atoms in total. The number of phenolic OH excluding ortho intramolecular Hbond substituents is 2. The van der Waals surface area contributed by atoms with E-state index in [2.05, 4.69) is 6.92 Å². The number of rotatable bonds is 16. The number of hydrogen-bond acceptors (Lipinski definition) is 5. The Bertz CT molecular complexity index is 1020. The second-order valence-electron chi connectivity index (χ2n) is 10.8. The maximum atomic E-state index is 10.4. The molecule has 0 amide bonds. The van der Waals surface area contributed by atoms with Crippen LogP contribution in [-0.2, 0) is 0 Å². The highest BCUT2D eigenvalue weighted by Gasteiger charge is 2.23. The molecule has 3 rings (SSSR count). The predicted octanol–water partition coefficient (Wildman–Crippen LogP) is 8.56. The molecule has 0 unspecified atom stereocenters. The van der Waals surface area contributed by atoms with Gasteiger partial charge < -0.3 is 14.9 Å². The number of benzene rings is 2. The fraction of sp³-hybridized carbons (Fsp3) is 0.576. The quantitative estimate of drug-likeness (QED) is 0.172. The number of nitrogens with zero attached hydrogens (tertiary/aromatic N) is 2. The van der Waals surface area contributed by atoms with Gasteiger partial charge in [0.2, 0.25) is 0 Å². The highest BCUT2D eigenvalue weighted by molar-refractivity contribution is 5.85. The Kier molecular flexibility index (Phi) is 13.2. The van der Waals surface area contributed by atoms with Crippen LogP contribution in [0.1, 0.15) is 114 Å². The molecular weight excluding hydrogens is 472 g/mol. The summed E-state index contributed by atoms with van der Waals surface area (Å²) in [6, 6.07) is 11.1. The van der Waals surface area contributed by atoms with Crippen molar-refractivity contribution in [3.8, 4) is 17.2 Å². The van der Waals surface area contributed by atoms with E-state index in [1.807, 2.05) is 31.2 Å². The average molecular weight is 521 g/mol. The second-order valence-corrected chi connectivity index (χ2v) is 10.8. The van der Waals surface area contributed by atoms with Crippen LogP contribution in [0.3, 0.4) is 0 Å². The van der Waals surface area contributed by atoms with E-state index in [9.17, 15) is 10.2 Å². The topological polar surface area (TPSA) is 74.4 Å². The number of ether oxygens (including phenoxy) is 1. The molecule has 1 aliphatic rings. The molecule has 0 heterocycles. The van der Waals surface area contributed by atoms with Crippen LogP contribution in [0.15, 0.2) is 46.4 Å². The maximum Gasteiger partial charge on any atom is 0.124 e. The first-order valence-electron chi connectivity index (χ1n) is 14.9. The zero-order valence-corrected chi connectivity index (χ0v) is 23.6. The number of unbranched alkanes of at least 4 members (excludes halogenated alkanes) is 9. The summed E-state index contributed by atoms with van der Waals surface area (Å²) in [5.41, 5.74) is 2.51. The van der Waals surface area contributed by atoms with Crippen molar-refractivity contribution >= 4 is 12.4 Å². The molecule has 2 aromatic rings. The first-order valence-corrected chi connectivity index (χ1v) is 14.9. The van der Waals surface area contributed by atoms with E-state index in [-0.39, 0.29) is 23.6 Å². The summed E-state index contributed by atoms with van der Waals surface area (Å²) in [6.07, 6.45) is 20.8. The molecule has 2 N–H and O–H groups in total. The van der Waals surface area contributed by atoms with Crippen LogP contribution in [0.25, 0.3) is 0 Å². The van der Waals surface area contributed by atoms with Gasteiger partial charge in [0.15, 0.2) is 0 Å². The van der Waals surface area contributed by atoms with E-state index in [0.717, 1.165) is 49.0 Å². The largest absolute Gasteiger partial charge is 0.507 e. The van der Waals surface area contributed by atoms with E-state index < -0.39 is 0 Å². The second kappa shape index (κ2) is 16.9. The van der Waals surface area contributed by atoms with Gasteiger partial charge in [-0.1, -0.05) is 89.2 Å². The molecule has 0 spiro atoms. The fourth-order valence-electron chi connectivity index (χ4n) is 5.07. The third-order valence-electron chi connectivity index (χ3n) is 7.45. The van der Waals surface area contributed by atoms with E-state index in [4.69, 9.17) is 14.7 Å². The standard InChI is InChI=1S/C33H48N2O3/c1-3-4-5-6-7-8-9-10-11-14-21-38-29-18-20-33(37)28(23-29)25-35-31-16-13-12-15-30(31)34-24-27-22-26(2)17-19-32(27)36/h17-20,22-25,30-31,36-37H,3-16,21H2,1-2H3/t30-,31-/m1/s1.